The highest BCUT2D eigenvalue weighted by Gasteiger charge is 2.06. The number of rotatable bonds is 7. The van der Waals surface area contributed by atoms with E-state index >= 15 is 0 Å². The Kier molecular flexibility index (Phi) is 7.50. The van der Waals surface area contributed by atoms with E-state index in [0.29, 0.717) is 12.2 Å². The van der Waals surface area contributed by atoms with Gasteiger partial charge < -0.3 is 10.6 Å². The Bertz CT molecular complexity index is 929. The van der Waals surface area contributed by atoms with E-state index in [-0.39, 0.29) is 11.8 Å². The van der Waals surface area contributed by atoms with E-state index in [1.807, 2.05) is 78.9 Å². The Hall–Kier alpha value is -2.32. The quantitative estimate of drug-likeness (QED) is 0.345. The van der Waals surface area contributed by atoms with Crippen LogP contribution in [-0.4, -0.2) is 17.6 Å². The number of thioether (sulfide) groups is 1. The smallest absolute Gasteiger partial charge is 0.234 e. The third-order valence-corrected chi connectivity index (χ3v) is 5.57. The van der Waals surface area contributed by atoms with E-state index in [9.17, 15) is 9.59 Å². The number of amides is 2. The lowest BCUT2D eigenvalue weighted by molar-refractivity contribution is -0.115. The third-order valence-electron chi connectivity index (χ3n) is 3.84. The molecule has 0 bridgehead atoms. The molecule has 0 aliphatic carbocycles. The number of benzene rings is 3. The average Bonchev–Trinajstić information content (AvgIpc) is 2.70. The summed E-state index contributed by atoms with van der Waals surface area (Å²) in [5.41, 5.74) is 2.52. The molecule has 0 unspecified atom stereocenters. The molecular formula is C22H19IN2O2S. The average molecular weight is 502 g/mol. The molecule has 0 aliphatic heterocycles. The van der Waals surface area contributed by atoms with Gasteiger partial charge in [-0.1, -0.05) is 30.3 Å². The van der Waals surface area contributed by atoms with Crippen molar-refractivity contribution in [3.8, 4) is 0 Å². The van der Waals surface area contributed by atoms with E-state index < -0.39 is 0 Å². The molecule has 4 nitrogen and oxygen atoms in total. The van der Waals surface area contributed by atoms with E-state index in [4.69, 9.17) is 0 Å². The molecule has 0 saturated heterocycles. The van der Waals surface area contributed by atoms with Gasteiger partial charge in [-0.25, -0.2) is 0 Å². The van der Waals surface area contributed by atoms with Crippen molar-refractivity contribution in [1.29, 1.82) is 0 Å². The molecule has 6 heteroatoms. The summed E-state index contributed by atoms with van der Waals surface area (Å²) in [4.78, 5) is 25.1. The minimum absolute atomic E-state index is 0.0496. The lowest BCUT2D eigenvalue weighted by Gasteiger charge is -2.07. The minimum Gasteiger partial charge on any atom is -0.326 e. The Morgan fingerprint density at radius 1 is 0.750 bits per heavy atom. The molecule has 0 spiro atoms. The molecule has 0 heterocycles. The molecule has 2 amide bonds. The van der Waals surface area contributed by atoms with Crippen LogP contribution in [0, 0.1) is 3.57 Å². The highest BCUT2D eigenvalue weighted by Crippen LogP contribution is 2.21. The van der Waals surface area contributed by atoms with Crippen molar-refractivity contribution in [3.05, 3.63) is 88.0 Å². The van der Waals surface area contributed by atoms with Crippen LogP contribution < -0.4 is 10.6 Å². The second-order valence-corrected chi connectivity index (χ2v) is 8.37. The lowest BCUT2D eigenvalue weighted by atomic mass is 10.1. The van der Waals surface area contributed by atoms with Gasteiger partial charge in [0.1, 0.15) is 0 Å². The zero-order valence-corrected chi connectivity index (χ0v) is 18.0. The first-order chi connectivity index (χ1) is 13.6. The Balaban J connectivity index is 1.45. The molecule has 3 aromatic carbocycles. The van der Waals surface area contributed by atoms with E-state index in [2.05, 4.69) is 33.2 Å². The van der Waals surface area contributed by atoms with Crippen LogP contribution in [0.25, 0.3) is 0 Å². The molecule has 0 aliphatic rings. The normalized spacial score (nSPS) is 10.3. The molecule has 0 radical (unpaired) electrons. The Labute approximate surface area is 182 Å². The van der Waals surface area contributed by atoms with Crippen molar-refractivity contribution >= 4 is 57.5 Å². The predicted octanol–water partition coefficient (Wildman–Crippen LogP) is 5.20. The second kappa shape index (κ2) is 10.3. The number of carbonyl (C=O) groups is 2. The van der Waals surface area contributed by atoms with Gasteiger partial charge in [-0.15, -0.1) is 11.8 Å². The largest absolute Gasteiger partial charge is 0.326 e. The summed E-state index contributed by atoms with van der Waals surface area (Å²) in [7, 11) is 0. The van der Waals surface area contributed by atoms with Gasteiger partial charge in [0.15, 0.2) is 0 Å². The summed E-state index contributed by atoms with van der Waals surface area (Å²) in [6.45, 7) is 0. The van der Waals surface area contributed by atoms with Gasteiger partial charge in [-0.2, -0.15) is 0 Å². The maximum absolute atomic E-state index is 12.1. The predicted molar refractivity (Wildman–Crippen MR) is 124 cm³/mol. The van der Waals surface area contributed by atoms with Crippen molar-refractivity contribution in [2.75, 3.05) is 16.4 Å². The molecule has 3 aromatic rings. The zero-order chi connectivity index (χ0) is 19.8. The van der Waals surface area contributed by atoms with Crippen LogP contribution >= 0.6 is 34.4 Å². The SMILES string of the molecule is O=C(CSc1ccc(NC(=O)Cc2ccccc2)cc1)Nc1ccc(I)cc1. The standard InChI is InChI=1S/C22H19IN2O2S/c23-17-6-8-18(9-7-17)25-22(27)15-28-20-12-10-19(11-13-20)24-21(26)14-16-4-2-1-3-5-16/h1-13H,14-15H2,(H,24,26)(H,25,27). The fourth-order valence-corrected chi connectivity index (χ4v) is 3.56. The Morgan fingerprint density at radius 3 is 1.96 bits per heavy atom. The van der Waals surface area contributed by atoms with Crippen LogP contribution in [0.4, 0.5) is 11.4 Å². The van der Waals surface area contributed by atoms with Gasteiger partial charge in [0.2, 0.25) is 11.8 Å². The summed E-state index contributed by atoms with van der Waals surface area (Å²) in [6, 6.07) is 24.8. The van der Waals surface area contributed by atoms with Crippen LogP contribution in [0.15, 0.2) is 83.8 Å². The van der Waals surface area contributed by atoms with Gasteiger partial charge >= 0.3 is 0 Å². The molecule has 0 fully saturated rings. The molecule has 0 atom stereocenters. The van der Waals surface area contributed by atoms with Gasteiger partial charge in [-0.05, 0) is 76.7 Å². The van der Waals surface area contributed by atoms with Crippen LogP contribution in [0.2, 0.25) is 0 Å². The second-order valence-electron chi connectivity index (χ2n) is 6.08. The van der Waals surface area contributed by atoms with Crippen molar-refractivity contribution in [1.82, 2.24) is 0 Å². The van der Waals surface area contributed by atoms with E-state index in [1.165, 1.54) is 11.8 Å². The first kappa shape index (κ1) is 20.4. The molecule has 0 aromatic heterocycles. The van der Waals surface area contributed by atoms with E-state index in [0.717, 1.165) is 25.4 Å². The third kappa shape index (κ3) is 6.69. The Morgan fingerprint density at radius 2 is 1.32 bits per heavy atom. The number of hydrogen-bond acceptors (Lipinski definition) is 3. The maximum atomic E-state index is 12.1. The van der Waals surface area contributed by atoms with Crippen LogP contribution in [0.5, 0.6) is 0 Å². The first-order valence-electron chi connectivity index (χ1n) is 8.70. The van der Waals surface area contributed by atoms with Gasteiger partial charge in [0.25, 0.3) is 0 Å². The highest BCUT2D eigenvalue weighted by molar-refractivity contribution is 14.1. The van der Waals surface area contributed by atoms with Gasteiger partial charge in [0.05, 0.1) is 12.2 Å². The number of anilines is 2. The van der Waals surface area contributed by atoms with Crippen molar-refractivity contribution < 1.29 is 9.59 Å². The van der Waals surface area contributed by atoms with Gasteiger partial charge in [-0.3, -0.25) is 9.59 Å². The number of halogens is 1. The number of hydrogen-bond donors (Lipinski definition) is 2. The minimum atomic E-state index is -0.0523. The van der Waals surface area contributed by atoms with Crippen molar-refractivity contribution in [3.63, 3.8) is 0 Å². The summed E-state index contributed by atoms with van der Waals surface area (Å²) in [5, 5.41) is 5.77. The molecule has 142 valence electrons. The molecular weight excluding hydrogens is 483 g/mol. The monoisotopic (exact) mass is 502 g/mol. The fraction of sp³-hybridized carbons (Fsp3) is 0.0909. The molecule has 3 rings (SSSR count). The number of carbonyl (C=O) groups excluding carboxylic acids is 2. The molecule has 28 heavy (non-hydrogen) atoms. The first-order valence-corrected chi connectivity index (χ1v) is 10.8. The number of nitrogens with one attached hydrogen (secondary N) is 2. The lowest BCUT2D eigenvalue weighted by Crippen LogP contribution is -2.14. The zero-order valence-electron chi connectivity index (χ0n) is 15.0. The van der Waals surface area contributed by atoms with Gasteiger partial charge in [0, 0.05) is 19.8 Å². The van der Waals surface area contributed by atoms with Crippen LogP contribution in [0.1, 0.15) is 5.56 Å². The topological polar surface area (TPSA) is 58.2 Å². The highest BCUT2D eigenvalue weighted by atomic mass is 127. The van der Waals surface area contributed by atoms with Crippen molar-refractivity contribution in [2.24, 2.45) is 0 Å². The van der Waals surface area contributed by atoms with Crippen LogP contribution in [-0.2, 0) is 16.0 Å². The van der Waals surface area contributed by atoms with E-state index in [1.54, 1.807) is 0 Å². The fourth-order valence-electron chi connectivity index (χ4n) is 2.50. The maximum Gasteiger partial charge on any atom is 0.234 e. The molecule has 0 saturated carbocycles. The summed E-state index contributed by atoms with van der Waals surface area (Å²) in [5.74, 6) is 0.223. The summed E-state index contributed by atoms with van der Waals surface area (Å²) in [6.07, 6.45) is 0.343. The summed E-state index contributed by atoms with van der Waals surface area (Å²) < 4.78 is 1.13. The van der Waals surface area contributed by atoms with Crippen LogP contribution in [0.3, 0.4) is 0 Å². The summed E-state index contributed by atoms with van der Waals surface area (Å²) >= 11 is 3.68. The molecule has 2 N–H and O–H groups in total. The van der Waals surface area contributed by atoms with Crippen molar-refractivity contribution in [2.45, 2.75) is 11.3 Å².